The minimum atomic E-state index is -1.24. The minimum Gasteiger partial charge on any atom is -0.497 e. The second-order valence-electron chi connectivity index (χ2n) is 4.61. The predicted molar refractivity (Wildman–Crippen MR) is 69.0 cm³/mol. The second kappa shape index (κ2) is 5.75. The van der Waals surface area contributed by atoms with Gasteiger partial charge in [0.25, 0.3) is 0 Å². The lowest BCUT2D eigenvalue weighted by molar-refractivity contribution is -0.209. The Morgan fingerprint density at radius 1 is 1.05 bits per heavy atom. The molecule has 1 saturated heterocycles. The zero-order chi connectivity index (χ0) is 14.0. The van der Waals surface area contributed by atoms with Crippen molar-refractivity contribution < 1.29 is 24.8 Å². The Morgan fingerprint density at radius 3 is 2.26 bits per heavy atom. The lowest BCUT2D eigenvalue weighted by Gasteiger charge is -2.39. The summed E-state index contributed by atoms with van der Waals surface area (Å²) in [6.45, 7) is 1.64. The van der Waals surface area contributed by atoms with Crippen molar-refractivity contribution in [1.29, 1.82) is 0 Å². The van der Waals surface area contributed by atoms with Crippen molar-refractivity contribution >= 4 is 5.69 Å². The highest BCUT2D eigenvalue weighted by atomic mass is 16.5. The van der Waals surface area contributed by atoms with Gasteiger partial charge in [0.05, 0.1) is 13.2 Å². The molecule has 106 valence electrons. The summed E-state index contributed by atoms with van der Waals surface area (Å²) < 4.78 is 10.5. The highest BCUT2D eigenvalue weighted by molar-refractivity contribution is 5.47. The Labute approximate surface area is 111 Å². The molecule has 0 radical (unpaired) electrons. The highest BCUT2D eigenvalue weighted by Gasteiger charge is 2.41. The van der Waals surface area contributed by atoms with E-state index in [1.54, 1.807) is 38.3 Å². The number of benzene rings is 1. The van der Waals surface area contributed by atoms with E-state index in [4.69, 9.17) is 9.47 Å². The molecule has 2 rings (SSSR count). The van der Waals surface area contributed by atoms with Crippen LogP contribution in [0.15, 0.2) is 24.3 Å². The SMILES string of the molecule is COc1ccc(N[C@@H]2O[C@H](C)[C@H](O)[C@@H](O)[C@H]2O)cc1. The third-order valence-electron chi connectivity index (χ3n) is 3.25. The maximum Gasteiger partial charge on any atom is 0.157 e. The number of nitrogens with one attached hydrogen (secondary N) is 1. The fourth-order valence-electron chi connectivity index (χ4n) is 2.02. The molecule has 0 aromatic heterocycles. The molecule has 0 aliphatic carbocycles. The number of methoxy groups -OCH3 is 1. The molecule has 6 nitrogen and oxygen atoms in total. The topological polar surface area (TPSA) is 91.2 Å². The number of aliphatic hydroxyl groups is 3. The van der Waals surface area contributed by atoms with E-state index in [1.165, 1.54) is 0 Å². The summed E-state index contributed by atoms with van der Waals surface area (Å²) in [6.07, 6.45) is -4.87. The van der Waals surface area contributed by atoms with Crippen molar-refractivity contribution in [1.82, 2.24) is 0 Å². The molecule has 1 aliphatic heterocycles. The normalized spacial score (nSPS) is 34.9. The average Bonchev–Trinajstić information content (AvgIpc) is 2.43. The van der Waals surface area contributed by atoms with Crippen LogP contribution in [0.1, 0.15) is 6.92 Å². The predicted octanol–water partition coefficient (Wildman–Crippen LogP) is -0.0654. The molecule has 0 spiro atoms. The lowest BCUT2D eigenvalue weighted by Crippen LogP contribution is -2.58. The van der Waals surface area contributed by atoms with Crippen LogP contribution in [0, 0.1) is 0 Å². The van der Waals surface area contributed by atoms with Crippen LogP contribution >= 0.6 is 0 Å². The summed E-state index contributed by atoms with van der Waals surface area (Å²) in [4.78, 5) is 0. The summed E-state index contributed by atoms with van der Waals surface area (Å²) >= 11 is 0. The van der Waals surface area contributed by atoms with Gasteiger partial charge in [0.2, 0.25) is 0 Å². The Hall–Kier alpha value is -1.34. The van der Waals surface area contributed by atoms with Crippen LogP contribution in [0.5, 0.6) is 5.75 Å². The third kappa shape index (κ3) is 2.98. The Balaban J connectivity index is 2.05. The minimum absolute atomic E-state index is 0.561. The van der Waals surface area contributed by atoms with Crippen LogP contribution < -0.4 is 10.1 Å². The lowest BCUT2D eigenvalue weighted by atomic mass is 9.99. The quantitative estimate of drug-likeness (QED) is 0.614. The maximum atomic E-state index is 9.87. The van der Waals surface area contributed by atoms with Gasteiger partial charge in [-0.1, -0.05) is 0 Å². The maximum absolute atomic E-state index is 9.87. The molecule has 6 heteroatoms. The first-order chi connectivity index (χ1) is 9.02. The zero-order valence-electron chi connectivity index (χ0n) is 10.9. The van der Waals surface area contributed by atoms with Crippen molar-refractivity contribution in [3.63, 3.8) is 0 Å². The number of ether oxygens (including phenoxy) is 2. The summed E-state index contributed by atoms with van der Waals surface area (Å²) in [5.74, 6) is 0.722. The van der Waals surface area contributed by atoms with E-state index in [0.717, 1.165) is 11.4 Å². The van der Waals surface area contributed by atoms with E-state index in [2.05, 4.69) is 5.32 Å². The third-order valence-corrected chi connectivity index (χ3v) is 3.25. The number of hydrogen-bond acceptors (Lipinski definition) is 6. The number of anilines is 1. The first-order valence-corrected chi connectivity index (χ1v) is 6.13. The molecule has 19 heavy (non-hydrogen) atoms. The Bertz CT molecular complexity index is 410. The van der Waals surface area contributed by atoms with Gasteiger partial charge in [0, 0.05) is 5.69 Å². The van der Waals surface area contributed by atoms with Crippen LogP contribution in [0.25, 0.3) is 0 Å². The monoisotopic (exact) mass is 269 g/mol. The van der Waals surface area contributed by atoms with Gasteiger partial charge in [0.1, 0.15) is 24.1 Å². The smallest absolute Gasteiger partial charge is 0.157 e. The highest BCUT2D eigenvalue weighted by Crippen LogP contribution is 2.23. The molecule has 1 heterocycles. The van der Waals surface area contributed by atoms with E-state index >= 15 is 0 Å². The molecule has 0 amide bonds. The van der Waals surface area contributed by atoms with E-state index < -0.39 is 30.6 Å². The summed E-state index contributed by atoms with van der Waals surface area (Å²) in [5, 5.41) is 32.1. The molecule has 1 aromatic rings. The number of rotatable bonds is 3. The van der Waals surface area contributed by atoms with Crippen molar-refractivity contribution in [2.24, 2.45) is 0 Å². The van der Waals surface area contributed by atoms with Gasteiger partial charge >= 0.3 is 0 Å². The van der Waals surface area contributed by atoms with Crippen LogP contribution in [0.4, 0.5) is 5.69 Å². The second-order valence-corrected chi connectivity index (χ2v) is 4.61. The molecular formula is C13H19NO5. The van der Waals surface area contributed by atoms with Gasteiger partial charge in [-0.2, -0.15) is 0 Å². The van der Waals surface area contributed by atoms with E-state index in [1.807, 2.05) is 0 Å². The van der Waals surface area contributed by atoms with Gasteiger partial charge in [-0.15, -0.1) is 0 Å². The molecule has 0 unspecified atom stereocenters. The first-order valence-electron chi connectivity index (χ1n) is 6.13. The summed E-state index contributed by atoms with van der Waals surface area (Å²) in [7, 11) is 1.58. The van der Waals surface area contributed by atoms with Crippen molar-refractivity contribution in [2.75, 3.05) is 12.4 Å². The molecule has 0 bridgehead atoms. The van der Waals surface area contributed by atoms with Gasteiger partial charge in [0.15, 0.2) is 6.23 Å². The molecule has 1 aliphatic rings. The molecule has 1 aromatic carbocycles. The first kappa shape index (κ1) is 14.1. The van der Waals surface area contributed by atoms with Crippen molar-refractivity contribution in [2.45, 2.75) is 37.6 Å². The van der Waals surface area contributed by atoms with Crippen molar-refractivity contribution in [3.05, 3.63) is 24.3 Å². The van der Waals surface area contributed by atoms with Gasteiger partial charge < -0.3 is 30.1 Å². The van der Waals surface area contributed by atoms with Gasteiger partial charge in [-0.25, -0.2) is 0 Å². The molecule has 0 saturated carbocycles. The number of hydrogen-bond donors (Lipinski definition) is 4. The Kier molecular flexibility index (Phi) is 4.26. The fourth-order valence-corrected chi connectivity index (χ4v) is 2.02. The Morgan fingerprint density at radius 2 is 1.68 bits per heavy atom. The fraction of sp³-hybridized carbons (Fsp3) is 0.538. The molecular weight excluding hydrogens is 250 g/mol. The largest absolute Gasteiger partial charge is 0.497 e. The summed E-state index contributed by atoms with van der Waals surface area (Å²) in [5.41, 5.74) is 0.723. The van der Waals surface area contributed by atoms with E-state index in [0.29, 0.717) is 0 Å². The standard InChI is InChI=1S/C13H19NO5/c1-7-10(15)11(16)12(17)13(19-7)14-8-3-5-9(18-2)6-4-8/h3-7,10-17H,1-2H3/t7-,10+,11-,12-,13-/m1/s1. The van der Waals surface area contributed by atoms with Crippen LogP contribution in [-0.2, 0) is 4.74 Å². The van der Waals surface area contributed by atoms with E-state index in [-0.39, 0.29) is 0 Å². The molecule has 5 atom stereocenters. The number of aliphatic hydroxyl groups excluding tert-OH is 3. The van der Waals surface area contributed by atoms with E-state index in [9.17, 15) is 15.3 Å². The zero-order valence-corrected chi connectivity index (χ0v) is 10.9. The summed E-state index contributed by atoms with van der Waals surface area (Å²) in [6, 6.07) is 7.09. The molecule has 4 N–H and O–H groups in total. The van der Waals surface area contributed by atoms with Crippen LogP contribution in [0.3, 0.4) is 0 Å². The van der Waals surface area contributed by atoms with Gasteiger partial charge in [-0.05, 0) is 31.2 Å². The van der Waals surface area contributed by atoms with Gasteiger partial charge in [-0.3, -0.25) is 0 Å². The van der Waals surface area contributed by atoms with Crippen molar-refractivity contribution in [3.8, 4) is 5.75 Å². The molecule has 1 fully saturated rings. The average molecular weight is 269 g/mol. The van der Waals surface area contributed by atoms with Crippen LogP contribution in [-0.4, -0.2) is 53.1 Å². The van der Waals surface area contributed by atoms with Crippen LogP contribution in [0.2, 0.25) is 0 Å².